The monoisotopic (exact) mass is 460 g/mol. The van der Waals surface area contributed by atoms with Crippen LogP contribution in [0.25, 0.3) is 0 Å². The molecule has 0 aromatic heterocycles. The molecule has 162 valence electrons. The van der Waals surface area contributed by atoms with E-state index in [9.17, 15) is 19.2 Å². The summed E-state index contributed by atoms with van der Waals surface area (Å²) in [6, 6.07) is 10.1. The summed E-state index contributed by atoms with van der Waals surface area (Å²) in [6.45, 7) is -0.118. The number of hydrogen-bond donors (Lipinski definition) is 3. The first-order valence-corrected chi connectivity index (χ1v) is 11.0. The number of urea groups is 1. The van der Waals surface area contributed by atoms with Gasteiger partial charge in [-0.15, -0.1) is 11.8 Å². The number of carbonyl (C=O) groups excluding carboxylic acids is 4. The Morgan fingerprint density at radius 2 is 1.97 bits per heavy atom. The van der Waals surface area contributed by atoms with Crippen molar-refractivity contribution in [1.29, 1.82) is 0 Å². The number of anilines is 2. The van der Waals surface area contributed by atoms with E-state index in [0.717, 1.165) is 16.0 Å². The molecule has 31 heavy (non-hydrogen) atoms. The largest absolute Gasteiger partial charge is 0.325 e. The second-order valence-electron chi connectivity index (χ2n) is 7.76. The number of benzene rings is 2. The van der Waals surface area contributed by atoms with Gasteiger partial charge in [0.2, 0.25) is 11.8 Å². The maximum absolute atomic E-state index is 12.7. The van der Waals surface area contributed by atoms with E-state index in [-0.39, 0.29) is 32.9 Å². The van der Waals surface area contributed by atoms with Crippen LogP contribution in [0.3, 0.4) is 0 Å². The van der Waals surface area contributed by atoms with Crippen LogP contribution in [0.5, 0.6) is 0 Å². The highest BCUT2D eigenvalue weighted by Crippen LogP contribution is 2.37. The van der Waals surface area contributed by atoms with E-state index < -0.39 is 11.6 Å². The predicted octanol–water partition coefficient (Wildman–Crippen LogP) is 2.59. The summed E-state index contributed by atoms with van der Waals surface area (Å²) in [7, 11) is 0. The Bertz CT molecular complexity index is 1180. The summed E-state index contributed by atoms with van der Waals surface area (Å²) in [5, 5.41) is 8.41. The first kappa shape index (κ1) is 19.9. The average molecular weight is 461 g/mol. The molecule has 2 heterocycles. The van der Waals surface area contributed by atoms with E-state index in [1.54, 1.807) is 30.3 Å². The zero-order valence-corrected chi connectivity index (χ0v) is 17.7. The van der Waals surface area contributed by atoms with Crippen LogP contribution in [0, 0.1) is 0 Å². The van der Waals surface area contributed by atoms with Gasteiger partial charge in [0, 0.05) is 31.3 Å². The molecular formula is C21H21ClN4O4S. The van der Waals surface area contributed by atoms with Gasteiger partial charge in [-0.2, -0.15) is 0 Å². The molecule has 1 unspecified atom stereocenters. The van der Waals surface area contributed by atoms with Crippen molar-refractivity contribution in [2.45, 2.75) is 23.3 Å². The quantitative estimate of drug-likeness (QED) is 0.610. The van der Waals surface area contributed by atoms with Gasteiger partial charge in [-0.1, -0.05) is 17.7 Å². The lowest BCUT2D eigenvalue weighted by molar-refractivity contribution is -0.123. The number of fused-ring (bicyclic) bond motifs is 2. The van der Waals surface area contributed by atoms with E-state index in [0.29, 0.717) is 29.2 Å². The van der Waals surface area contributed by atoms with Crippen molar-refractivity contribution in [3.05, 3.63) is 52.5 Å². The first-order chi connectivity index (χ1) is 14.8. The zero-order chi connectivity index (χ0) is 21.8. The molecule has 1 atom stereocenters. The summed E-state index contributed by atoms with van der Waals surface area (Å²) in [5.41, 5.74) is 2.12. The van der Waals surface area contributed by atoms with Gasteiger partial charge in [0.15, 0.2) is 0 Å². The summed E-state index contributed by atoms with van der Waals surface area (Å²) >= 11 is 7.44. The van der Waals surface area contributed by atoms with Crippen molar-refractivity contribution in [2.24, 2.45) is 0 Å². The van der Waals surface area contributed by atoms with Crippen LogP contribution in [0.1, 0.15) is 14.0 Å². The van der Waals surface area contributed by atoms with Gasteiger partial charge in [0.1, 0.15) is 12.1 Å². The normalized spacial score (nSPS) is 21.6. The molecule has 1 aliphatic carbocycles. The number of hydrogen-bond acceptors (Lipinski definition) is 5. The fourth-order valence-electron chi connectivity index (χ4n) is 4.23. The fraction of sp³-hybridized carbons (Fsp3) is 0.238. The molecular weight excluding hydrogens is 440 g/mol. The first-order valence-electron chi connectivity index (χ1n) is 9.61. The maximum Gasteiger partial charge on any atom is 0.322 e. The van der Waals surface area contributed by atoms with Gasteiger partial charge in [-0.05, 0) is 41.5 Å². The summed E-state index contributed by atoms with van der Waals surface area (Å²) in [4.78, 5) is 51.2. The average Bonchev–Trinajstić information content (AvgIpc) is 3.21. The number of thioether (sulfide) groups is 1. The van der Waals surface area contributed by atoms with Crippen LogP contribution in [-0.4, -0.2) is 41.6 Å². The van der Waals surface area contributed by atoms with Gasteiger partial charge >= 0.3 is 6.03 Å². The van der Waals surface area contributed by atoms with Crippen LogP contribution in [-0.2, 0) is 27.2 Å². The number of amides is 5. The van der Waals surface area contributed by atoms with E-state index in [4.69, 9.17) is 11.6 Å². The van der Waals surface area contributed by atoms with Crippen molar-refractivity contribution in [2.75, 3.05) is 22.5 Å². The van der Waals surface area contributed by atoms with Crippen LogP contribution >= 0.6 is 23.4 Å². The third-order valence-corrected chi connectivity index (χ3v) is 6.92. The van der Waals surface area contributed by atoms with Crippen molar-refractivity contribution < 1.29 is 22.0 Å². The standard InChI is InChI=1S/C21H17ClN4O4S.2H2/c22-13-2-4-15-16(6-13)31-10-18(28)26(15)9-17(27)23-14-3-1-11-7-21(8-12(11)5-14)19(29)24-20(30)25-21;;/h1-6H,7-10H2,(H,23,27)(H2,24,25,29,30);2*1H. The topological polar surface area (TPSA) is 108 Å². The highest BCUT2D eigenvalue weighted by Gasteiger charge is 2.50. The van der Waals surface area contributed by atoms with Crippen molar-refractivity contribution >= 4 is 58.5 Å². The van der Waals surface area contributed by atoms with Crippen molar-refractivity contribution in [3.63, 3.8) is 0 Å². The molecule has 1 saturated heterocycles. The number of halogens is 1. The second kappa shape index (κ2) is 7.28. The molecule has 0 bridgehead atoms. The van der Waals surface area contributed by atoms with Crippen LogP contribution in [0.4, 0.5) is 16.2 Å². The van der Waals surface area contributed by atoms with E-state index in [2.05, 4.69) is 16.0 Å². The third kappa shape index (κ3) is 3.53. The molecule has 10 heteroatoms. The Labute approximate surface area is 189 Å². The highest BCUT2D eigenvalue weighted by atomic mass is 35.5. The molecule has 8 nitrogen and oxygen atoms in total. The molecule has 0 radical (unpaired) electrons. The molecule has 2 aliphatic heterocycles. The van der Waals surface area contributed by atoms with Gasteiger partial charge in [-0.25, -0.2) is 4.79 Å². The van der Waals surface area contributed by atoms with Gasteiger partial charge < -0.3 is 15.5 Å². The van der Waals surface area contributed by atoms with Crippen molar-refractivity contribution in [1.82, 2.24) is 10.6 Å². The number of nitrogens with one attached hydrogen (secondary N) is 3. The second-order valence-corrected chi connectivity index (χ2v) is 9.21. The Kier molecular flexibility index (Phi) is 4.67. The summed E-state index contributed by atoms with van der Waals surface area (Å²) < 4.78 is 0. The molecule has 2 aromatic rings. The Balaban J connectivity index is 0.00000153. The summed E-state index contributed by atoms with van der Waals surface area (Å²) in [5.74, 6) is -0.566. The molecule has 1 fully saturated rings. The summed E-state index contributed by atoms with van der Waals surface area (Å²) in [6.07, 6.45) is 0.771. The fourth-order valence-corrected chi connectivity index (χ4v) is 5.43. The lowest BCUT2D eigenvalue weighted by Crippen LogP contribution is -2.47. The van der Waals surface area contributed by atoms with E-state index in [1.807, 2.05) is 6.07 Å². The lowest BCUT2D eigenvalue weighted by atomic mass is 9.96. The Morgan fingerprint density at radius 3 is 2.74 bits per heavy atom. The highest BCUT2D eigenvalue weighted by molar-refractivity contribution is 8.00. The minimum atomic E-state index is -0.953. The van der Waals surface area contributed by atoms with E-state index >= 15 is 0 Å². The van der Waals surface area contributed by atoms with Crippen LogP contribution in [0.15, 0.2) is 41.3 Å². The third-order valence-electron chi connectivity index (χ3n) is 5.66. The SMILES string of the molecule is O=C(CN1C(=O)CSc2cc(Cl)ccc21)Nc1ccc2c(c1)CC1(C2)NC(=O)NC1=O.[HH].[HH]. The Morgan fingerprint density at radius 1 is 1.16 bits per heavy atom. The minimum absolute atomic E-state index is 0. The molecule has 0 saturated carbocycles. The van der Waals surface area contributed by atoms with Crippen LogP contribution in [0.2, 0.25) is 5.02 Å². The molecule has 1 spiro atoms. The molecule has 5 amide bonds. The maximum atomic E-state index is 12.7. The number of imide groups is 1. The number of nitrogens with zero attached hydrogens (tertiary/aromatic N) is 1. The number of rotatable bonds is 3. The Hall–Kier alpha value is -3.04. The van der Waals surface area contributed by atoms with Gasteiger partial charge in [0.05, 0.1) is 11.4 Å². The van der Waals surface area contributed by atoms with Crippen LogP contribution < -0.4 is 20.9 Å². The molecule has 3 N–H and O–H groups in total. The van der Waals surface area contributed by atoms with Gasteiger partial charge in [0.25, 0.3) is 5.91 Å². The van der Waals surface area contributed by atoms with Gasteiger partial charge in [-0.3, -0.25) is 19.7 Å². The molecule has 3 aliphatic rings. The molecule has 5 rings (SSSR count). The zero-order valence-electron chi connectivity index (χ0n) is 16.2. The lowest BCUT2D eigenvalue weighted by Gasteiger charge is -2.28. The molecule has 2 aromatic carbocycles. The van der Waals surface area contributed by atoms with Crippen molar-refractivity contribution in [3.8, 4) is 0 Å². The predicted molar refractivity (Wildman–Crippen MR) is 121 cm³/mol. The number of carbonyl (C=O) groups is 4. The van der Waals surface area contributed by atoms with E-state index in [1.165, 1.54) is 16.7 Å². The smallest absolute Gasteiger partial charge is 0.322 e. The minimum Gasteiger partial charge on any atom is -0.325 e.